The summed E-state index contributed by atoms with van der Waals surface area (Å²) < 4.78 is 7.27. The van der Waals surface area contributed by atoms with Crippen LogP contribution in [0, 0.1) is 5.92 Å². The molecule has 1 aliphatic heterocycles. The first-order chi connectivity index (χ1) is 12.5. The van der Waals surface area contributed by atoms with E-state index in [9.17, 15) is 9.59 Å². The van der Waals surface area contributed by atoms with Crippen LogP contribution in [0.5, 0.6) is 5.75 Å². The highest BCUT2D eigenvalue weighted by atomic mass is 35.5. The molecule has 0 spiro atoms. The van der Waals surface area contributed by atoms with E-state index < -0.39 is 12.6 Å². The summed E-state index contributed by atoms with van der Waals surface area (Å²) in [5, 5.41) is 16.8. The Morgan fingerprint density at radius 3 is 2.92 bits per heavy atom. The van der Waals surface area contributed by atoms with Gasteiger partial charge in [-0.1, -0.05) is 11.6 Å². The molecule has 1 fully saturated rings. The first-order valence-corrected chi connectivity index (χ1v) is 8.88. The summed E-state index contributed by atoms with van der Waals surface area (Å²) in [6, 6.07) is 5.01. The van der Waals surface area contributed by atoms with E-state index in [1.807, 2.05) is 4.68 Å². The second-order valence-corrected chi connectivity index (χ2v) is 7.18. The number of nitrogens with one attached hydrogen (secondary N) is 1. The molecule has 8 heteroatoms. The van der Waals surface area contributed by atoms with Gasteiger partial charge in [0.05, 0.1) is 6.20 Å². The van der Waals surface area contributed by atoms with E-state index in [1.54, 1.807) is 24.4 Å². The Bertz CT molecular complexity index is 875. The Hall–Kier alpha value is -2.54. The lowest BCUT2D eigenvalue weighted by molar-refractivity contribution is -0.139. The summed E-state index contributed by atoms with van der Waals surface area (Å²) in [5.74, 6) is 0.292. The molecule has 26 heavy (non-hydrogen) atoms. The standard InChI is InChI=1S/C18H18ClN3O4/c19-11-3-4-15(26-9-17(24)25)13(5-11)12-6-16(23)21-18-14(12)7-20-22(18)8-10-1-2-10/h3-5,7,10,12H,1-2,6,8-9H2,(H,21,23)(H,24,25). The van der Waals surface area contributed by atoms with Crippen molar-refractivity contribution in [1.29, 1.82) is 0 Å². The second-order valence-electron chi connectivity index (χ2n) is 6.74. The average Bonchev–Trinajstić information content (AvgIpc) is 3.33. The van der Waals surface area contributed by atoms with Crippen LogP contribution in [0.3, 0.4) is 0 Å². The van der Waals surface area contributed by atoms with Crippen molar-refractivity contribution < 1.29 is 19.4 Å². The van der Waals surface area contributed by atoms with Gasteiger partial charge >= 0.3 is 5.97 Å². The lowest BCUT2D eigenvalue weighted by atomic mass is 9.87. The van der Waals surface area contributed by atoms with Gasteiger partial charge in [0, 0.05) is 35.0 Å². The van der Waals surface area contributed by atoms with Crippen LogP contribution in [0.2, 0.25) is 5.02 Å². The Balaban J connectivity index is 1.72. The van der Waals surface area contributed by atoms with Crippen molar-refractivity contribution in [3.05, 3.63) is 40.5 Å². The van der Waals surface area contributed by atoms with Gasteiger partial charge in [0.2, 0.25) is 5.91 Å². The summed E-state index contributed by atoms with van der Waals surface area (Å²) in [4.78, 5) is 23.2. The van der Waals surface area contributed by atoms with Crippen molar-refractivity contribution >= 4 is 29.3 Å². The number of hydrogen-bond donors (Lipinski definition) is 2. The van der Waals surface area contributed by atoms with Crippen LogP contribution in [-0.2, 0) is 16.1 Å². The molecule has 2 heterocycles. The van der Waals surface area contributed by atoms with Crippen LogP contribution in [0.25, 0.3) is 0 Å². The van der Waals surface area contributed by atoms with E-state index in [0.29, 0.717) is 28.1 Å². The van der Waals surface area contributed by atoms with E-state index in [0.717, 1.165) is 12.1 Å². The highest BCUT2D eigenvalue weighted by Gasteiger charge is 2.33. The minimum atomic E-state index is -1.06. The number of anilines is 1. The smallest absolute Gasteiger partial charge is 0.341 e. The van der Waals surface area contributed by atoms with Crippen LogP contribution in [0.15, 0.2) is 24.4 Å². The molecule has 2 aliphatic rings. The Labute approximate surface area is 154 Å². The number of benzene rings is 1. The number of ether oxygens (including phenoxy) is 1. The van der Waals surface area contributed by atoms with Crippen LogP contribution >= 0.6 is 11.6 Å². The van der Waals surface area contributed by atoms with Crippen molar-refractivity contribution in [2.24, 2.45) is 5.92 Å². The molecule has 136 valence electrons. The fourth-order valence-corrected chi connectivity index (χ4v) is 3.47. The minimum Gasteiger partial charge on any atom is -0.482 e. The quantitative estimate of drug-likeness (QED) is 0.809. The fraction of sp³-hybridized carbons (Fsp3) is 0.389. The number of amides is 1. The number of nitrogens with zero attached hydrogens (tertiary/aromatic N) is 2. The number of carboxylic acid groups (broad SMARTS) is 1. The number of fused-ring (bicyclic) bond motifs is 1. The number of aromatic nitrogens is 2. The summed E-state index contributed by atoms with van der Waals surface area (Å²) in [7, 11) is 0. The zero-order chi connectivity index (χ0) is 18.3. The second kappa shape index (κ2) is 6.64. The SMILES string of the molecule is O=C(O)COc1ccc(Cl)cc1C1CC(=O)Nc2c1cnn2CC1CC1. The van der Waals surface area contributed by atoms with Crippen LogP contribution in [-0.4, -0.2) is 33.4 Å². The molecular formula is C18H18ClN3O4. The molecule has 1 unspecified atom stereocenters. The lowest BCUT2D eigenvalue weighted by Gasteiger charge is -2.25. The van der Waals surface area contributed by atoms with Gasteiger partial charge in [0.1, 0.15) is 11.6 Å². The molecule has 1 aromatic carbocycles. The highest BCUT2D eigenvalue weighted by molar-refractivity contribution is 6.30. The lowest BCUT2D eigenvalue weighted by Crippen LogP contribution is -2.25. The van der Waals surface area contributed by atoms with Gasteiger partial charge in [-0.15, -0.1) is 0 Å². The van der Waals surface area contributed by atoms with Crippen LogP contribution < -0.4 is 10.1 Å². The largest absolute Gasteiger partial charge is 0.482 e. The molecule has 1 atom stereocenters. The maximum atomic E-state index is 12.3. The molecule has 7 nitrogen and oxygen atoms in total. The monoisotopic (exact) mass is 375 g/mol. The van der Waals surface area contributed by atoms with Crippen molar-refractivity contribution in [2.75, 3.05) is 11.9 Å². The van der Waals surface area contributed by atoms with Gasteiger partial charge in [-0.25, -0.2) is 9.48 Å². The van der Waals surface area contributed by atoms with E-state index in [-0.39, 0.29) is 18.2 Å². The van der Waals surface area contributed by atoms with E-state index >= 15 is 0 Å². The van der Waals surface area contributed by atoms with Crippen LogP contribution in [0.1, 0.15) is 36.3 Å². The van der Waals surface area contributed by atoms with E-state index in [4.69, 9.17) is 21.4 Å². The normalized spacial score (nSPS) is 19.0. The molecule has 1 aliphatic carbocycles. The number of carbonyl (C=O) groups is 2. The molecule has 0 radical (unpaired) electrons. The third-order valence-corrected chi connectivity index (χ3v) is 4.95. The summed E-state index contributed by atoms with van der Waals surface area (Å²) in [6.07, 6.45) is 4.37. The third-order valence-electron chi connectivity index (χ3n) is 4.72. The van der Waals surface area contributed by atoms with Gasteiger partial charge in [0.15, 0.2) is 6.61 Å². The number of carbonyl (C=O) groups excluding carboxylic acids is 1. The number of aliphatic carboxylic acids is 1. The minimum absolute atomic E-state index is 0.107. The van der Waals surface area contributed by atoms with Gasteiger partial charge < -0.3 is 15.2 Å². The number of carboxylic acids is 1. The maximum Gasteiger partial charge on any atom is 0.341 e. The van der Waals surface area contributed by atoms with Gasteiger partial charge in [0.25, 0.3) is 0 Å². The fourth-order valence-electron chi connectivity index (χ4n) is 3.29. The molecule has 1 saturated carbocycles. The molecule has 4 rings (SSSR count). The van der Waals surface area contributed by atoms with E-state index in [2.05, 4.69) is 10.4 Å². The molecular weight excluding hydrogens is 358 g/mol. The zero-order valence-electron chi connectivity index (χ0n) is 13.9. The van der Waals surface area contributed by atoms with Gasteiger partial charge in [-0.3, -0.25) is 4.79 Å². The molecule has 1 aromatic heterocycles. The van der Waals surface area contributed by atoms with Gasteiger partial charge in [-0.2, -0.15) is 5.10 Å². The Morgan fingerprint density at radius 2 is 2.19 bits per heavy atom. The first kappa shape index (κ1) is 16.9. The molecule has 0 bridgehead atoms. The summed E-state index contributed by atoms with van der Waals surface area (Å²) >= 11 is 6.15. The maximum absolute atomic E-state index is 12.3. The number of hydrogen-bond acceptors (Lipinski definition) is 4. The molecule has 2 N–H and O–H groups in total. The first-order valence-electron chi connectivity index (χ1n) is 8.51. The number of rotatable bonds is 6. The average molecular weight is 376 g/mol. The Kier molecular flexibility index (Phi) is 4.32. The highest BCUT2D eigenvalue weighted by Crippen LogP contribution is 2.42. The molecule has 2 aromatic rings. The van der Waals surface area contributed by atoms with Crippen molar-refractivity contribution in [3.63, 3.8) is 0 Å². The predicted molar refractivity (Wildman–Crippen MR) is 94.6 cm³/mol. The molecule has 0 saturated heterocycles. The van der Waals surface area contributed by atoms with Gasteiger partial charge in [-0.05, 0) is 37.0 Å². The predicted octanol–water partition coefficient (Wildman–Crippen LogP) is 2.88. The third kappa shape index (κ3) is 3.39. The number of halogens is 1. The Morgan fingerprint density at radius 1 is 1.38 bits per heavy atom. The summed E-state index contributed by atoms with van der Waals surface area (Å²) in [6.45, 7) is 0.335. The topological polar surface area (TPSA) is 93.4 Å². The summed E-state index contributed by atoms with van der Waals surface area (Å²) in [5.41, 5.74) is 1.59. The van der Waals surface area contributed by atoms with E-state index in [1.165, 1.54) is 12.8 Å². The van der Waals surface area contributed by atoms with Crippen molar-refractivity contribution in [2.45, 2.75) is 31.7 Å². The van der Waals surface area contributed by atoms with Crippen molar-refractivity contribution in [3.8, 4) is 5.75 Å². The van der Waals surface area contributed by atoms with Crippen molar-refractivity contribution in [1.82, 2.24) is 9.78 Å². The van der Waals surface area contributed by atoms with Crippen LogP contribution in [0.4, 0.5) is 5.82 Å². The zero-order valence-corrected chi connectivity index (χ0v) is 14.7. The molecule has 1 amide bonds.